The molecule has 3 N–H and O–H groups in total. The third-order valence-corrected chi connectivity index (χ3v) is 5.47. The van der Waals surface area contributed by atoms with Crippen LogP contribution in [0.5, 0.6) is 0 Å². The van der Waals surface area contributed by atoms with Crippen LogP contribution in [0.1, 0.15) is 50.7 Å². The summed E-state index contributed by atoms with van der Waals surface area (Å²) >= 11 is 6.00. The summed E-state index contributed by atoms with van der Waals surface area (Å²) in [5, 5.41) is 0.389. The Labute approximate surface area is 133 Å². The second kappa shape index (κ2) is 8.13. The van der Waals surface area contributed by atoms with E-state index < -0.39 is 10.0 Å². The first kappa shape index (κ1) is 18.4. The smallest absolute Gasteiger partial charge is 0.241 e. The largest absolute Gasteiger partial charge is 0.326 e. The lowest BCUT2D eigenvalue weighted by Crippen LogP contribution is -2.33. The molecular weight excluding hydrogens is 308 g/mol. The highest BCUT2D eigenvalue weighted by Gasteiger charge is 2.21. The molecule has 1 atom stereocenters. The zero-order chi connectivity index (χ0) is 16.0. The van der Waals surface area contributed by atoms with Crippen LogP contribution in [0.4, 0.5) is 0 Å². The van der Waals surface area contributed by atoms with Crippen molar-refractivity contribution < 1.29 is 8.42 Å². The van der Waals surface area contributed by atoms with Crippen molar-refractivity contribution in [2.24, 2.45) is 5.73 Å². The minimum atomic E-state index is -3.57. The summed E-state index contributed by atoms with van der Waals surface area (Å²) in [5.41, 5.74) is 7.05. The summed E-state index contributed by atoms with van der Waals surface area (Å²) in [4.78, 5) is 0.220. The van der Waals surface area contributed by atoms with Crippen LogP contribution < -0.4 is 10.5 Å². The molecule has 6 heteroatoms. The first-order valence-corrected chi connectivity index (χ1v) is 9.19. The molecule has 0 bridgehead atoms. The van der Waals surface area contributed by atoms with Gasteiger partial charge in [-0.05, 0) is 43.5 Å². The maximum Gasteiger partial charge on any atom is 0.241 e. The molecule has 1 aromatic carbocycles. The van der Waals surface area contributed by atoms with Gasteiger partial charge in [-0.1, -0.05) is 37.8 Å². The van der Waals surface area contributed by atoms with Gasteiger partial charge in [0.15, 0.2) is 0 Å². The molecular formula is C15H25ClN2O2S. The third kappa shape index (κ3) is 5.25. The highest BCUT2D eigenvalue weighted by Crippen LogP contribution is 2.24. The van der Waals surface area contributed by atoms with Crippen molar-refractivity contribution in [3.8, 4) is 0 Å². The molecule has 0 saturated heterocycles. The van der Waals surface area contributed by atoms with Crippen LogP contribution in [0.2, 0.25) is 5.02 Å². The fraction of sp³-hybridized carbons (Fsp3) is 0.600. The first-order valence-electron chi connectivity index (χ1n) is 7.33. The molecule has 0 heterocycles. The molecule has 4 nitrogen and oxygen atoms in total. The third-order valence-electron chi connectivity index (χ3n) is 3.54. The average molecular weight is 333 g/mol. The number of halogens is 1. The molecule has 0 radical (unpaired) electrons. The quantitative estimate of drug-likeness (QED) is 0.717. The lowest BCUT2D eigenvalue weighted by atomic mass is 10.1. The summed E-state index contributed by atoms with van der Waals surface area (Å²) in [6.07, 6.45) is 4.07. The SMILES string of the molecule is CCCCCC(C)NS(=O)(=O)c1cc(Cl)cc(CN)c1C. The zero-order valence-electron chi connectivity index (χ0n) is 12.9. The van der Waals surface area contributed by atoms with E-state index in [-0.39, 0.29) is 17.5 Å². The van der Waals surface area contributed by atoms with Crippen LogP contribution in [-0.4, -0.2) is 14.5 Å². The Morgan fingerprint density at radius 1 is 1.33 bits per heavy atom. The standard InChI is InChI=1S/C15H25ClN2O2S/c1-4-5-6-7-11(2)18-21(19,20)15-9-14(16)8-13(10-17)12(15)3/h8-9,11,18H,4-7,10,17H2,1-3H3. The maximum atomic E-state index is 12.5. The lowest BCUT2D eigenvalue weighted by molar-refractivity contribution is 0.527. The predicted octanol–water partition coefficient (Wildman–Crippen LogP) is 3.35. The van der Waals surface area contributed by atoms with Crippen molar-refractivity contribution >= 4 is 21.6 Å². The summed E-state index contributed by atoms with van der Waals surface area (Å²) in [6, 6.07) is 3.10. The molecule has 0 saturated carbocycles. The molecule has 120 valence electrons. The fourth-order valence-electron chi connectivity index (χ4n) is 2.29. The van der Waals surface area contributed by atoms with Gasteiger partial charge in [-0.15, -0.1) is 0 Å². The van der Waals surface area contributed by atoms with E-state index in [1.54, 1.807) is 13.0 Å². The van der Waals surface area contributed by atoms with Crippen molar-refractivity contribution in [2.45, 2.75) is 63.9 Å². The van der Waals surface area contributed by atoms with Crippen molar-refractivity contribution in [3.63, 3.8) is 0 Å². The first-order chi connectivity index (χ1) is 9.81. The molecule has 0 aromatic heterocycles. The molecule has 0 spiro atoms. The van der Waals surface area contributed by atoms with Gasteiger partial charge in [0.25, 0.3) is 0 Å². The molecule has 1 aromatic rings. The Morgan fingerprint density at radius 2 is 2.00 bits per heavy atom. The lowest BCUT2D eigenvalue weighted by Gasteiger charge is -2.17. The monoisotopic (exact) mass is 332 g/mol. The van der Waals surface area contributed by atoms with Crippen molar-refractivity contribution in [3.05, 3.63) is 28.3 Å². The van der Waals surface area contributed by atoms with Crippen molar-refractivity contribution in [1.82, 2.24) is 4.72 Å². The minimum Gasteiger partial charge on any atom is -0.326 e. The van der Waals surface area contributed by atoms with E-state index in [1.807, 2.05) is 6.92 Å². The Bertz CT molecular complexity index is 573. The minimum absolute atomic E-state index is 0.0961. The van der Waals surface area contributed by atoms with E-state index in [1.165, 1.54) is 6.07 Å². The van der Waals surface area contributed by atoms with Gasteiger partial charge >= 0.3 is 0 Å². The van der Waals surface area contributed by atoms with Crippen LogP contribution in [0.3, 0.4) is 0 Å². The maximum absolute atomic E-state index is 12.5. The Balaban J connectivity index is 2.95. The van der Waals surface area contributed by atoms with Gasteiger partial charge in [0, 0.05) is 17.6 Å². The second-order valence-electron chi connectivity index (χ2n) is 5.41. The van der Waals surface area contributed by atoms with E-state index in [0.717, 1.165) is 31.2 Å². The number of nitrogens with one attached hydrogen (secondary N) is 1. The summed E-state index contributed by atoms with van der Waals surface area (Å²) < 4.78 is 27.7. The van der Waals surface area contributed by atoms with Gasteiger partial charge in [0.05, 0.1) is 4.90 Å². The van der Waals surface area contributed by atoms with Gasteiger partial charge in [-0.2, -0.15) is 0 Å². The highest BCUT2D eigenvalue weighted by molar-refractivity contribution is 7.89. The Kier molecular flexibility index (Phi) is 7.13. The number of rotatable bonds is 8. The molecule has 21 heavy (non-hydrogen) atoms. The average Bonchev–Trinajstić information content (AvgIpc) is 2.40. The molecule has 0 aliphatic heterocycles. The summed E-state index contributed by atoms with van der Waals surface area (Å²) in [7, 11) is -3.57. The molecule has 0 fully saturated rings. The Hall–Kier alpha value is -0.620. The Morgan fingerprint density at radius 3 is 2.57 bits per heavy atom. The van der Waals surface area contributed by atoms with Crippen molar-refractivity contribution in [2.75, 3.05) is 0 Å². The summed E-state index contributed by atoms with van der Waals surface area (Å²) in [6.45, 7) is 6.03. The highest BCUT2D eigenvalue weighted by atomic mass is 35.5. The molecule has 0 amide bonds. The number of unbranched alkanes of at least 4 members (excludes halogenated alkanes) is 2. The normalized spacial score (nSPS) is 13.4. The predicted molar refractivity (Wildman–Crippen MR) is 88.0 cm³/mol. The van der Waals surface area contributed by atoms with Crippen LogP contribution in [-0.2, 0) is 16.6 Å². The fourth-order valence-corrected chi connectivity index (χ4v) is 4.18. The van der Waals surface area contributed by atoms with E-state index in [2.05, 4.69) is 11.6 Å². The van der Waals surface area contributed by atoms with Crippen LogP contribution in [0.25, 0.3) is 0 Å². The number of nitrogens with two attached hydrogens (primary N) is 1. The van der Waals surface area contributed by atoms with Gasteiger partial charge in [-0.3, -0.25) is 0 Å². The molecule has 1 rings (SSSR count). The van der Waals surface area contributed by atoms with E-state index in [9.17, 15) is 8.42 Å². The topological polar surface area (TPSA) is 72.2 Å². The summed E-state index contributed by atoms with van der Waals surface area (Å²) in [5.74, 6) is 0. The van der Waals surface area contributed by atoms with Gasteiger partial charge in [-0.25, -0.2) is 13.1 Å². The van der Waals surface area contributed by atoms with Crippen LogP contribution in [0.15, 0.2) is 17.0 Å². The molecule has 1 unspecified atom stereocenters. The van der Waals surface area contributed by atoms with Gasteiger partial charge < -0.3 is 5.73 Å². The number of hydrogen-bond acceptors (Lipinski definition) is 3. The van der Waals surface area contributed by atoms with Crippen LogP contribution in [0, 0.1) is 6.92 Å². The number of benzene rings is 1. The second-order valence-corrected chi connectivity index (χ2v) is 7.53. The number of hydrogen-bond donors (Lipinski definition) is 2. The molecule has 0 aliphatic carbocycles. The van der Waals surface area contributed by atoms with E-state index in [0.29, 0.717) is 10.6 Å². The van der Waals surface area contributed by atoms with Gasteiger partial charge in [0.1, 0.15) is 0 Å². The van der Waals surface area contributed by atoms with E-state index >= 15 is 0 Å². The number of sulfonamides is 1. The van der Waals surface area contributed by atoms with Crippen molar-refractivity contribution in [1.29, 1.82) is 0 Å². The van der Waals surface area contributed by atoms with E-state index in [4.69, 9.17) is 17.3 Å². The van der Waals surface area contributed by atoms with Crippen LogP contribution >= 0.6 is 11.6 Å². The van der Waals surface area contributed by atoms with Gasteiger partial charge in [0.2, 0.25) is 10.0 Å². The zero-order valence-corrected chi connectivity index (χ0v) is 14.5. The molecule has 0 aliphatic rings.